The van der Waals surface area contributed by atoms with Crippen molar-refractivity contribution in [3.8, 4) is 11.8 Å². The van der Waals surface area contributed by atoms with Gasteiger partial charge in [-0.25, -0.2) is 34.3 Å². The fourth-order valence-electron chi connectivity index (χ4n) is 9.38. The summed E-state index contributed by atoms with van der Waals surface area (Å²) in [6, 6.07) is 43.2. The van der Waals surface area contributed by atoms with Gasteiger partial charge >= 0.3 is 17.9 Å². The molecule has 3 amide bonds. The number of nitrogens with one attached hydrogen (secondary N) is 4. The van der Waals surface area contributed by atoms with Crippen LogP contribution < -0.4 is 49.2 Å². The summed E-state index contributed by atoms with van der Waals surface area (Å²) in [6.45, 7) is 12.3. The number of amides is 3. The molecule has 0 aliphatic rings. The normalized spacial score (nSPS) is 10.2. The smallest absolute Gasteiger partial charge is 0.347 e. The number of nitrogens with two attached hydrogens (primary N) is 1. The fourth-order valence-corrected chi connectivity index (χ4v) is 10.9. The molecular formula is C77H68ClI4N21O13Y. The molecule has 13 aromatic rings. The first kappa shape index (κ1) is 93.2. The minimum absolute atomic E-state index is 0. The Kier molecular flexibility index (Phi) is 37.2. The Hall–Kier alpha value is -11.0. The zero-order chi connectivity index (χ0) is 84.0. The number of carboxylic acid groups (broad SMARTS) is 1. The Morgan fingerprint density at radius 3 is 1.26 bits per heavy atom. The molecule has 0 unspecified atom stereocenters. The molecular weight excluding hydrogens is 2060 g/mol. The Bertz CT molecular complexity index is 6040. The molecule has 0 fully saturated rings. The summed E-state index contributed by atoms with van der Waals surface area (Å²) in [4.78, 5) is 136. The molecule has 1 radical (unpaired) electrons. The number of fused-ring (bicyclic) bond motifs is 4. The molecule has 10 heterocycles. The van der Waals surface area contributed by atoms with Gasteiger partial charge in [-0.3, -0.25) is 33.6 Å². The van der Waals surface area contributed by atoms with Gasteiger partial charge in [0.1, 0.15) is 48.6 Å². The molecule has 0 atom stereocenters. The van der Waals surface area contributed by atoms with Crippen LogP contribution in [-0.4, -0.2) is 133 Å². The van der Waals surface area contributed by atoms with Crippen molar-refractivity contribution in [2.75, 3.05) is 24.3 Å². The summed E-state index contributed by atoms with van der Waals surface area (Å²) in [5.41, 5.74) is 10.2. The first-order valence-electron chi connectivity index (χ1n) is 34.4. The topological polar surface area (TPSA) is 456 Å². The first-order valence-corrected chi connectivity index (χ1v) is 39.1. The quantitative estimate of drug-likeness (QED) is 0.0117. The van der Waals surface area contributed by atoms with Gasteiger partial charge in [0.05, 0.1) is 18.9 Å². The number of ether oxygens (including phenoxy) is 2. The number of hydrogen-bond acceptors (Lipinski definition) is 26. The number of nitrogen functional groups attached to an aromatic ring is 1. The molecule has 13 rings (SSSR count). The maximum absolute atomic E-state index is 12.6. The van der Waals surface area contributed by atoms with Gasteiger partial charge in [0, 0.05) is 88.4 Å². The average Bonchev–Trinajstić information content (AvgIpc) is 0.803. The van der Waals surface area contributed by atoms with E-state index in [1.54, 1.807) is 106 Å². The molecule has 7 N–H and O–H groups in total. The van der Waals surface area contributed by atoms with E-state index in [0.717, 1.165) is 73.5 Å². The van der Waals surface area contributed by atoms with Crippen LogP contribution in [0.15, 0.2) is 201 Å². The van der Waals surface area contributed by atoms with E-state index in [-0.39, 0.29) is 80.3 Å². The summed E-state index contributed by atoms with van der Waals surface area (Å²) in [5, 5.41) is 51.6. The third-order valence-electron chi connectivity index (χ3n) is 15.1. The second-order valence-corrected chi connectivity index (χ2v) is 28.4. The Morgan fingerprint density at radius 1 is 0.487 bits per heavy atom. The molecule has 0 aliphatic carbocycles. The van der Waals surface area contributed by atoms with E-state index in [9.17, 15) is 47.9 Å². The van der Waals surface area contributed by atoms with Crippen molar-refractivity contribution < 1.29 is 76.1 Å². The van der Waals surface area contributed by atoms with Crippen LogP contribution in [0.25, 0.3) is 22.6 Å². The molecule has 40 heteroatoms. The third kappa shape index (κ3) is 28.1. The second kappa shape index (κ2) is 46.7. The minimum atomic E-state index is -1.30. The number of aromatic carboxylic acids is 1. The molecule has 0 saturated carbocycles. The zero-order valence-corrected chi connectivity index (χ0v) is 75.0. The van der Waals surface area contributed by atoms with E-state index in [1.165, 1.54) is 29.3 Å². The maximum Gasteiger partial charge on any atom is 0.347 e. The number of aromatic nitrogens is 16. The predicted molar refractivity (Wildman–Crippen MR) is 462 cm³/mol. The first-order chi connectivity index (χ1) is 55.7. The molecule has 597 valence electrons. The van der Waals surface area contributed by atoms with Crippen molar-refractivity contribution in [1.29, 1.82) is 0 Å². The van der Waals surface area contributed by atoms with Crippen LogP contribution in [0.1, 0.15) is 115 Å². The van der Waals surface area contributed by atoms with Gasteiger partial charge < -0.3 is 41.6 Å². The number of nitrogens with zero attached hydrogens (tertiary/aromatic N) is 16. The van der Waals surface area contributed by atoms with E-state index in [2.05, 4.69) is 116 Å². The van der Waals surface area contributed by atoms with Crippen molar-refractivity contribution in [3.05, 3.63) is 305 Å². The number of carbonyl (C=O) groups is 6. The van der Waals surface area contributed by atoms with Crippen LogP contribution in [0.4, 0.5) is 11.6 Å². The molecule has 10 aromatic heterocycles. The molecule has 34 nitrogen and oxygen atoms in total. The SMILES string of the molecule is CC#Cc1ccc2ncc(C(=O)NCc3ccc(C)cc3)c(=O)n2n1.CCCc1ccc2ncc(C(=O)NCc3ccc(C)cc3)c(=O)n2n1.CCOC(=O)C(=CNc1ccc(I)nn1)C(=O)OCC.Nc1ccc(I)nn1.O=C(NCc1ccc(Cl)cc1)c1cnc2ccc(I)nn2c1=O.O=C(O)c1cnc2ccc(I)nn2c1=O.[Y]. The summed E-state index contributed by atoms with van der Waals surface area (Å²) in [6.07, 6.45) is 7.78. The molecule has 0 bridgehead atoms. The van der Waals surface area contributed by atoms with Gasteiger partial charge in [-0.15, -0.1) is 20.4 Å². The number of rotatable bonds is 18. The van der Waals surface area contributed by atoms with E-state index in [1.807, 2.05) is 149 Å². The van der Waals surface area contributed by atoms with Crippen molar-refractivity contribution in [3.63, 3.8) is 0 Å². The van der Waals surface area contributed by atoms with Crippen molar-refractivity contribution in [1.82, 2.24) is 94.7 Å². The molecule has 0 aliphatic heterocycles. The van der Waals surface area contributed by atoms with E-state index < -0.39 is 57.9 Å². The van der Waals surface area contributed by atoms with Crippen LogP contribution in [-0.2, 0) is 77.8 Å². The zero-order valence-electron chi connectivity index (χ0n) is 62.7. The number of aryl methyl sites for hydroxylation is 3. The maximum atomic E-state index is 12.6. The van der Waals surface area contributed by atoms with E-state index in [4.69, 9.17) is 31.9 Å². The van der Waals surface area contributed by atoms with Crippen LogP contribution in [0.2, 0.25) is 5.02 Å². The number of carbonyl (C=O) groups excluding carboxylic acids is 5. The Balaban J connectivity index is 0.000000198. The average molecular weight is 2130 g/mol. The largest absolute Gasteiger partial charge is 0.477 e. The summed E-state index contributed by atoms with van der Waals surface area (Å²) in [7, 11) is 0. The molecule has 0 spiro atoms. The van der Waals surface area contributed by atoms with Gasteiger partial charge in [-0.1, -0.05) is 103 Å². The van der Waals surface area contributed by atoms with Gasteiger partial charge in [-0.05, 0) is 239 Å². The van der Waals surface area contributed by atoms with E-state index in [0.29, 0.717) is 65.4 Å². The van der Waals surface area contributed by atoms with Crippen molar-refractivity contribution >= 4 is 172 Å². The number of benzene rings is 3. The summed E-state index contributed by atoms with van der Waals surface area (Å²) >= 11 is 13.8. The van der Waals surface area contributed by atoms with Crippen LogP contribution in [0.3, 0.4) is 0 Å². The summed E-state index contributed by atoms with van der Waals surface area (Å²) < 4.78 is 16.8. The van der Waals surface area contributed by atoms with Gasteiger partial charge in [0.2, 0.25) is 0 Å². The number of anilines is 2. The van der Waals surface area contributed by atoms with Crippen LogP contribution >= 0.6 is 102 Å². The number of carboxylic acids is 1. The Labute approximate surface area is 749 Å². The number of hydrogen-bond donors (Lipinski definition) is 6. The number of halogens is 5. The van der Waals surface area contributed by atoms with Crippen molar-refractivity contribution in [2.45, 2.75) is 74.0 Å². The van der Waals surface area contributed by atoms with Crippen molar-refractivity contribution in [2.24, 2.45) is 0 Å². The monoisotopic (exact) mass is 2130 g/mol. The van der Waals surface area contributed by atoms with Gasteiger partial charge in [-0.2, -0.15) is 38.5 Å². The molecule has 117 heavy (non-hydrogen) atoms. The second-order valence-electron chi connectivity index (χ2n) is 23.6. The third-order valence-corrected chi connectivity index (χ3v) is 17.7. The fraction of sp³-hybridized carbons (Fsp3) is 0.169. The van der Waals surface area contributed by atoms with Gasteiger partial charge in [0.25, 0.3) is 40.0 Å². The Morgan fingerprint density at radius 2 is 0.872 bits per heavy atom. The molecule has 3 aromatic carbocycles. The van der Waals surface area contributed by atoms with Gasteiger partial charge in [0.15, 0.2) is 34.0 Å². The molecule has 0 saturated heterocycles. The van der Waals surface area contributed by atoms with Crippen LogP contribution in [0.5, 0.6) is 0 Å². The number of esters is 2. The minimum Gasteiger partial charge on any atom is -0.477 e. The predicted octanol–water partition coefficient (Wildman–Crippen LogP) is 8.81. The standard InChI is InChI=1S/C19H20N4O2.C19H16N4O2.C15H10ClIN4O2.C12H14IN3O4.C8H4IN3O3.C4H4IN3.Y/c2*1-3-4-15-9-10-17-20-12-16(19(25)23(17)22-15)18(24)21-11-14-7-5-13(2)6-8-14;16-10-3-1-9(2-4-10)7-19-14(22)11-8-18-13-6-5-12(17)20-21(13)15(11)23;1-3-19-11(17)8(12(18)20-4-2)7-14-10-6-5-9(13)15-16-10;9-5-1-2-6-10-3-4(8(14)15)7(13)12(6)11-5;5-3-1-2-4(6)8-7-3;/h5-10,12H,3-4,11H2,1-2H3,(H,21,24);5-10,12H,11H2,1-2H3,(H,21,24);1-6,8H,7H2,(H,19,22);5-7H,3-4H2,1-2H3,(H,14,16);1-3H,(H,14,15);1-2H,(H2,6,8);. The van der Waals surface area contributed by atoms with Crippen LogP contribution in [0, 0.1) is 40.5 Å². The summed E-state index contributed by atoms with van der Waals surface area (Å²) in [5.74, 6) is 2.13. The van der Waals surface area contributed by atoms with E-state index >= 15 is 0 Å².